The van der Waals surface area contributed by atoms with Crippen molar-refractivity contribution in [2.45, 2.75) is 25.2 Å². The molecule has 2 unspecified atom stereocenters. The molecule has 2 aliphatic heterocycles. The minimum absolute atomic E-state index is 0.944. The van der Waals surface area contributed by atoms with Crippen molar-refractivity contribution in [3.05, 3.63) is 243 Å². The van der Waals surface area contributed by atoms with Gasteiger partial charge >= 0.3 is 0 Å². The summed E-state index contributed by atoms with van der Waals surface area (Å²) < 4.78 is 37.1. The maximum Gasteiger partial charge on any atom is 0.137 e. The zero-order chi connectivity index (χ0) is 47.5. The molecule has 0 aromatic heterocycles. The van der Waals surface area contributed by atoms with Crippen LogP contribution in [0.4, 0.5) is 0 Å². The van der Waals surface area contributed by atoms with E-state index in [-0.39, 0.29) is 0 Å². The van der Waals surface area contributed by atoms with Crippen LogP contribution in [0.15, 0.2) is 270 Å². The molecule has 10 rings (SSSR count). The van der Waals surface area contributed by atoms with Gasteiger partial charge in [0.2, 0.25) is 0 Å². The minimum atomic E-state index is -2.70. The number of rotatable bonds is 14. The molecule has 2 heterocycles. The fourth-order valence-electron chi connectivity index (χ4n) is 9.44. The topological polar surface area (TPSA) is 74.2 Å². The maximum absolute atomic E-state index is 6.20. The minimum Gasteiger partial charge on any atom is -0.232 e. The Hall–Kier alpha value is -4.64. The summed E-state index contributed by atoms with van der Waals surface area (Å²) >= 11 is 0. The first kappa shape index (κ1) is 48.0. The summed E-state index contributed by atoms with van der Waals surface area (Å²) in [6, 6.07) is 89.8. The van der Waals surface area contributed by atoms with E-state index in [1.807, 2.05) is 0 Å². The molecule has 0 amide bonds. The van der Waals surface area contributed by atoms with Crippen LogP contribution in [-0.4, -0.2) is 33.7 Å². The van der Waals surface area contributed by atoms with Crippen molar-refractivity contribution < 1.29 is 0 Å². The van der Waals surface area contributed by atoms with Crippen LogP contribution in [0.3, 0.4) is 0 Å². The largest absolute Gasteiger partial charge is 0.232 e. The Labute approximate surface area is 411 Å². The average molecular weight is 1030 g/mol. The van der Waals surface area contributed by atoms with E-state index in [9.17, 15) is 0 Å². The Morgan fingerprint density at radius 3 is 0.623 bits per heavy atom. The van der Waals surface area contributed by atoms with Crippen LogP contribution in [0.5, 0.6) is 0 Å². The van der Waals surface area contributed by atoms with E-state index in [0.29, 0.717) is 0 Å². The van der Waals surface area contributed by atoms with Gasteiger partial charge in [0.25, 0.3) is 0 Å². The summed E-state index contributed by atoms with van der Waals surface area (Å²) in [5.41, 5.74) is 0. The summed E-state index contributed by atoms with van der Waals surface area (Å²) in [7, 11) is -17.6. The predicted octanol–water partition coefficient (Wildman–Crippen LogP) is 15.3. The molecule has 8 aromatic rings. The molecule has 0 fully saturated rings. The third-order valence-corrected chi connectivity index (χ3v) is 41.9. The standard InChI is InChI=1S/C56H60N6P6Si/c1-63(57-65(49-29-13-5-14-30-49,50-31-15-6-16-32-50)61-66(58-63,51-33-17-7-18-34-51)52-35-19-8-20-36-52)45-47-69(3,4)48-46-64(2)59-67(53-37-21-9-22-38-53,54-39-23-10-24-40-54)62-68(60-64,55-41-25-11-26-42-55)56-43-27-12-28-44-56/h5-44H,45-48H2,1-4H3. The Kier molecular flexibility index (Phi) is 13.8. The lowest BCUT2D eigenvalue weighted by Gasteiger charge is -2.38. The van der Waals surface area contributed by atoms with Crippen LogP contribution in [0, 0.1) is 0 Å². The summed E-state index contributed by atoms with van der Waals surface area (Å²) in [4.78, 5) is 0. The van der Waals surface area contributed by atoms with Crippen molar-refractivity contribution in [2.24, 2.45) is 27.1 Å². The molecule has 348 valence electrons. The quantitative estimate of drug-likeness (QED) is 0.0769. The van der Waals surface area contributed by atoms with Gasteiger partial charge in [-0.15, -0.1) is 0 Å². The second-order valence-electron chi connectivity index (χ2n) is 18.9. The summed E-state index contributed by atoms with van der Waals surface area (Å²) in [6.07, 6.45) is 1.89. The smallest absolute Gasteiger partial charge is 0.137 e. The lowest BCUT2D eigenvalue weighted by atomic mass is 10.4. The van der Waals surface area contributed by atoms with Gasteiger partial charge in [-0.1, -0.05) is 268 Å². The van der Waals surface area contributed by atoms with E-state index in [0.717, 1.165) is 24.4 Å². The molecular weight excluding hydrogens is 971 g/mol. The van der Waals surface area contributed by atoms with Gasteiger partial charge in [-0.2, -0.15) is 0 Å². The SMILES string of the molecule is C[Si](C)(CCP1(C)=NP(c2ccccc2)(c2ccccc2)=NP(c2ccccc2)(c2ccccc2)=N1)CCP1(C)=NP(c2ccccc2)(c2ccccc2)=NP(c2ccccc2)(c2ccccc2)=N1. The maximum atomic E-state index is 6.20. The van der Waals surface area contributed by atoms with Crippen LogP contribution in [0.2, 0.25) is 25.2 Å². The zero-order valence-corrected chi connectivity index (χ0v) is 46.2. The molecule has 0 aliphatic carbocycles. The monoisotopic (exact) mass is 1030 g/mol. The predicted molar refractivity (Wildman–Crippen MR) is 313 cm³/mol. The molecule has 69 heavy (non-hydrogen) atoms. The lowest BCUT2D eigenvalue weighted by Crippen LogP contribution is -2.28. The first-order valence-electron chi connectivity index (χ1n) is 23.7. The van der Waals surface area contributed by atoms with E-state index in [1.165, 1.54) is 42.4 Å². The lowest BCUT2D eigenvalue weighted by molar-refractivity contribution is 1.24. The fourth-order valence-corrected chi connectivity index (χ4v) is 46.6. The summed E-state index contributed by atoms with van der Waals surface area (Å²) in [5.74, 6) is 0. The van der Waals surface area contributed by atoms with Gasteiger partial charge in [0.05, 0.1) is 14.4 Å². The van der Waals surface area contributed by atoms with Crippen LogP contribution in [0.25, 0.3) is 0 Å². The Morgan fingerprint density at radius 2 is 0.435 bits per heavy atom. The first-order chi connectivity index (χ1) is 33.5. The van der Waals surface area contributed by atoms with E-state index >= 15 is 0 Å². The number of hydrogen-bond acceptors (Lipinski definition) is 6. The molecule has 0 N–H and O–H groups in total. The second-order valence-corrected chi connectivity index (χ2v) is 42.7. The molecule has 2 aliphatic rings. The van der Waals surface area contributed by atoms with Crippen molar-refractivity contribution >= 4 is 93.7 Å². The molecular formula is C56H60N6P6Si. The highest BCUT2D eigenvalue weighted by Crippen LogP contribution is 2.78. The molecule has 0 spiro atoms. The van der Waals surface area contributed by atoms with Crippen LogP contribution in [-0.2, 0) is 0 Å². The van der Waals surface area contributed by atoms with Crippen molar-refractivity contribution in [2.75, 3.05) is 25.7 Å². The fraction of sp³-hybridized carbons (Fsp3) is 0.143. The Morgan fingerprint density at radius 1 is 0.261 bits per heavy atom. The van der Waals surface area contributed by atoms with Crippen LogP contribution >= 0.6 is 43.2 Å². The molecule has 0 radical (unpaired) electrons. The zero-order valence-electron chi connectivity index (χ0n) is 39.8. The molecule has 0 bridgehead atoms. The molecule has 0 saturated carbocycles. The van der Waals surface area contributed by atoms with Crippen LogP contribution < -0.4 is 42.4 Å². The average Bonchev–Trinajstić information content (AvgIpc) is 3.41. The number of hydrogen-bond donors (Lipinski definition) is 0. The highest BCUT2D eigenvalue weighted by Gasteiger charge is 2.42. The van der Waals surface area contributed by atoms with Gasteiger partial charge in [-0.25, -0.2) is 27.1 Å². The third kappa shape index (κ3) is 9.63. The highest BCUT2D eigenvalue weighted by atomic mass is 31.3. The van der Waals surface area contributed by atoms with Gasteiger partial charge in [0, 0.05) is 50.5 Å². The van der Waals surface area contributed by atoms with Gasteiger partial charge < -0.3 is 0 Å². The number of nitrogens with zero attached hydrogens (tertiary/aromatic N) is 6. The normalized spacial score (nSPS) is 20.8. The first-order valence-corrected chi connectivity index (χ1v) is 38.6. The molecule has 13 heteroatoms. The van der Waals surface area contributed by atoms with Gasteiger partial charge in [0.1, 0.15) is 28.8 Å². The number of benzene rings is 8. The van der Waals surface area contributed by atoms with Gasteiger partial charge in [-0.05, 0) is 25.7 Å². The molecule has 6 nitrogen and oxygen atoms in total. The van der Waals surface area contributed by atoms with E-state index in [1.54, 1.807) is 0 Å². The molecule has 0 saturated heterocycles. The summed E-state index contributed by atoms with van der Waals surface area (Å²) in [6.45, 7) is 10.0. The van der Waals surface area contributed by atoms with Crippen molar-refractivity contribution in [3.63, 3.8) is 0 Å². The van der Waals surface area contributed by atoms with Crippen molar-refractivity contribution in [3.8, 4) is 0 Å². The molecule has 8 aromatic carbocycles. The third-order valence-electron chi connectivity index (χ3n) is 13.2. The van der Waals surface area contributed by atoms with Gasteiger partial charge in [0.15, 0.2) is 0 Å². The Balaban J connectivity index is 1.12. The van der Waals surface area contributed by atoms with Crippen LogP contribution in [0.1, 0.15) is 0 Å². The Bertz CT molecular complexity index is 2860. The van der Waals surface area contributed by atoms with E-state index in [4.69, 9.17) is 27.1 Å². The van der Waals surface area contributed by atoms with Crippen molar-refractivity contribution in [1.29, 1.82) is 0 Å². The second kappa shape index (κ2) is 19.9. The van der Waals surface area contributed by atoms with Crippen molar-refractivity contribution in [1.82, 2.24) is 0 Å². The highest BCUT2D eigenvalue weighted by molar-refractivity contribution is 7.98. The van der Waals surface area contributed by atoms with Gasteiger partial charge in [-0.3, -0.25) is 0 Å². The summed E-state index contributed by atoms with van der Waals surface area (Å²) in [5, 5.41) is 9.56. The molecule has 2 atom stereocenters. The van der Waals surface area contributed by atoms with E-state index < -0.39 is 51.3 Å². The van der Waals surface area contributed by atoms with E-state index in [2.05, 4.69) is 269 Å².